The minimum atomic E-state index is -0.787. The molecular weight excluding hydrogens is 274 g/mol. The van der Waals surface area contributed by atoms with E-state index in [1.807, 2.05) is 11.9 Å². The molecule has 7 heteroatoms. The van der Waals surface area contributed by atoms with Gasteiger partial charge in [-0.25, -0.2) is 4.79 Å². The number of amides is 2. The Bertz CT molecular complexity index is 394. The van der Waals surface area contributed by atoms with E-state index in [2.05, 4.69) is 4.90 Å². The fourth-order valence-electron chi connectivity index (χ4n) is 3.20. The standard InChI is InChI=1S/C14H25N3O4/c1-15(2)14(20)17-6-4-10(5-7-17)16(3)12-9-21-8-11(12)13(18)19/h10-12H,4-9H2,1-3H3,(H,18,19). The first kappa shape index (κ1) is 16.0. The molecule has 2 aliphatic rings. The van der Waals surface area contributed by atoms with E-state index in [1.54, 1.807) is 19.0 Å². The van der Waals surface area contributed by atoms with Gasteiger partial charge in [-0.05, 0) is 19.9 Å². The van der Waals surface area contributed by atoms with Crippen molar-refractivity contribution in [3.05, 3.63) is 0 Å². The molecule has 21 heavy (non-hydrogen) atoms. The summed E-state index contributed by atoms with van der Waals surface area (Å²) in [5.41, 5.74) is 0. The lowest BCUT2D eigenvalue weighted by Gasteiger charge is -2.40. The Kier molecular flexibility index (Phi) is 5.05. The number of aliphatic carboxylic acids is 1. The Labute approximate surface area is 125 Å². The third kappa shape index (κ3) is 3.47. The highest BCUT2D eigenvalue weighted by molar-refractivity contribution is 5.74. The molecule has 0 spiro atoms. The number of likely N-dealkylation sites (N-methyl/N-ethyl adjacent to an activating group) is 1. The number of carboxylic acids is 1. The van der Waals surface area contributed by atoms with Crippen LogP contribution < -0.4 is 0 Å². The minimum Gasteiger partial charge on any atom is -0.481 e. The van der Waals surface area contributed by atoms with Crippen molar-refractivity contribution < 1.29 is 19.4 Å². The molecule has 0 aromatic rings. The molecule has 0 saturated carbocycles. The molecule has 2 amide bonds. The van der Waals surface area contributed by atoms with Crippen LogP contribution in [-0.4, -0.2) is 91.3 Å². The second-order valence-electron chi connectivity index (χ2n) is 6.11. The zero-order chi connectivity index (χ0) is 15.6. The van der Waals surface area contributed by atoms with Crippen molar-refractivity contribution in [2.45, 2.75) is 24.9 Å². The van der Waals surface area contributed by atoms with Gasteiger partial charge in [0.1, 0.15) is 0 Å². The van der Waals surface area contributed by atoms with Crippen molar-refractivity contribution in [1.29, 1.82) is 0 Å². The molecule has 0 bridgehead atoms. The molecule has 2 saturated heterocycles. The van der Waals surface area contributed by atoms with Gasteiger partial charge in [-0.3, -0.25) is 9.69 Å². The van der Waals surface area contributed by atoms with E-state index in [4.69, 9.17) is 4.74 Å². The van der Waals surface area contributed by atoms with Gasteiger partial charge in [0.25, 0.3) is 0 Å². The molecule has 2 fully saturated rings. The van der Waals surface area contributed by atoms with E-state index in [-0.39, 0.29) is 12.1 Å². The number of urea groups is 1. The number of carboxylic acid groups (broad SMARTS) is 1. The number of hydrogen-bond donors (Lipinski definition) is 1. The van der Waals surface area contributed by atoms with E-state index in [0.29, 0.717) is 19.3 Å². The highest BCUT2D eigenvalue weighted by Crippen LogP contribution is 2.25. The average Bonchev–Trinajstić information content (AvgIpc) is 2.95. The van der Waals surface area contributed by atoms with Crippen LogP contribution in [0.1, 0.15) is 12.8 Å². The van der Waals surface area contributed by atoms with E-state index in [9.17, 15) is 14.7 Å². The van der Waals surface area contributed by atoms with Crippen molar-refractivity contribution in [2.75, 3.05) is 47.4 Å². The third-order valence-corrected chi connectivity index (χ3v) is 4.58. The Morgan fingerprint density at radius 2 is 1.76 bits per heavy atom. The fourth-order valence-corrected chi connectivity index (χ4v) is 3.20. The number of ether oxygens (including phenoxy) is 1. The number of rotatable bonds is 3. The lowest BCUT2D eigenvalue weighted by atomic mass is 9.97. The van der Waals surface area contributed by atoms with E-state index in [1.165, 1.54) is 0 Å². The van der Waals surface area contributed by atoms with Gasteiger partial charge in [0, 0.05) is 39.3 Å². The molecular formula is C14H25N3O4. The topological polar surface area (TPSA) is 73.3 Å². The molecule has 0 radical (unpaired) electrons. The SMILES string of the molecule is CN(C)C(=O)N1CCC(N(C)C2COCC2C(=O)O)CC1. The van der Waals surface area contributed by atoms with Gasteiger partial charge < -0.3 is 19.6 Å². The second kappa shape index (κ2) is 6.62. The molecule has 120 valence electrons. The summed E-state index contributed by atoms with van der Waals surface area (Å²) in [5.74, 6) is -1.24. The van der Waals surface area contributed by atoms with Crippen LogP contribution in [0.15, 0.2) is 0 Å². The van der Waals surface area contributed by atoms with Crippen molar-refractivity contribution in [3.63, 3.8) is 0 Å². The summed E-state index contributed by atoms with van der Waals surface area (Å²) >= 11 is 0. The van der Waals surface area contributed by atoms with Crippen molar-refractivity contribution in [3.8, 4) is 0 Å². The average molecular weight is 299 g/mol. The number of piperidine rings is 1. The van der Waals surface area contributed by atoms with Crippen LogP contribution in [0.5, 0.6) is 0 Å². The summed E-state index contributed by atoms with van der Waals surface area (Å²) < 4.78 is 5.34. The lowest BCUT2D eigenvalue weighted by Crippen LogP contribution is -2.52. The maximum Gasteiger partial charge on any atom is 0.319 e. The number of carbonyl (C=O) groups excluding carboxylic acids is 1. The molecule has 0 aromatic carbocycles. The van der Waals surface area contributed by atoms with Crippen LogP contribution in [0, 0.1) is 5.92 Å². The maximum absolute atomic E-state index is 11.9. The smallest absolute Gasteiger partial charge is 0.319 e. The van der Waals surface area contributed by atoms with E-state index in [0.717, 1.165) is 25.9 Å². The monoisotopic (exact) mass is 299 g/mol. The molecule has 2 aliphatic heterocycles. The Hall–Kier alpha value is -1.34. The molecule has 2 atom stereocenters. The third-order valence-electron chi connectivity index (χ3n) is 4.58. The largest absolute Gasteiger partial charge is 0.481 e. The predicted molar refractivity (Wildman–Crippen MR) is 77.2 cm³/mol. The van der Waals surface area contributed by atoms with Gasteiger partial charge in [-0.2, -0.15) is 0 Å². The molecule has 2 rings (SSSR count). The second-order valence-corrected chi connectivity index (χ2v) is 6.11. The van der Waals surface area contributed by atoms with Gasteiger partial charge in [0.05, 0.1) is 19.1 Å². The quantitative estimate of drug-likeness (QED) is 0.804. The normalized spacial score (nSPS) is 27.1. The van der Waals surface area contributed by atoms with Crippen LogP contribution in [0.3, 0.4) is 0 Å². The first-order valence-electron chi connectivity index (χ1n) is 7.40. The zero-order valence-electron chi connectivity index (χ0n) is 13.0. The fraction of sp³-hybridized carbons (Fsp3) is 0.857. The van der Waals surface area contributed by atoms with Gasteiger partial charge in [0.2, 0.25) is 0 Å². The minimum absolute atomic E-state index is 0.0451. The van der Waals surface area contributed by atoms with Gasteiger partial charge in [0.15, 0.2) is 0 Å². The summed E-state index contributed by atoms with van der Waals surface area (Å²) in [7, 11) is 5.49. The van der Waals surface area contributed by atoms with Crippen LogP contribution >= 0.6 is 0 Å². The van der Waals surface area contributed by atoms with Crippen molar-refractivity contribution in [2.24, 2.45) is 5.92 Å². The van der Waals surface area contributed by atoms with Crippen molar-refractivity contribution >= 4 is 12.0 Å². The molecule has 0 aliphatic carbocycles. The summed E-state index contributed by atoms with van der Waals surface area (Å²) in [5, 5.41) is 9.24. The molecule has 2 heterocycles. The number of carbonyl (C=O) groups is 2. The highest BCUT2D eigenvalue weighted by Gasteiger charge is 2.39. The first-order valence-corrected chi connectivity index (χ1v) is 7.40. The predicted octanol–water partition coefficient (Wildman–Crippen LogP) is 0.164. The molecule has 7 nitrogen and oxygen atoms in total. The number of likely N-dealkylation sites (tertiary alicyclic amines) is 1. The number of hydrogen-bond acceptors (Lipinski definition) is 4. The van der Waals surface area contributed by atoms with Crippen molar-refractivity contribution in [1.82, 2.24) is 14.7 Å². The Morgan fingerprint density at radius 3 is 2.29 bits per heavy atom. The first-order chi connectivity index (χ1) is 9.91. The Balaban J connectivity index is 1.90. The summed E-state index contributed by atoms with van der Waals surface area (Å²) in [4.78, 5) is 28.7. The van der Waals surface area contributed by atoms with Crippen LogP contribution in [0.2, 0.25) is 0 Å². The summed E-state index contributed by atoms with van der Waals surface area (Å²) in [6.45, 7) is 2.21. The van der Waals surface area contributed by atoms with Gasteiger partial charge >= 0.3 is 12.0 Å². The van der Waals surface area contributed by atoms with Crippen LogP contribution in [0.4, 0.5) is 4.79 Å². The zero-order valence-corrected chi connectivity index (χ0v) is 13.0. The lowest BCUT2D eigenvalue weighted by molar-refractivity contribution is -0.143. The Morgan fingerprint density at radius 1 is 1.14 bits per heavy atom. The summed E-state index contributed by atoms with van der Waals surface area (Å²) in [6.07, 6.45) is 1.75. The van der Waals surface area contributed by atoms with E-state index >= 15 is 0 Å². The molecule has 2 unspecified atom stereocenters. The van der Waals surface area contributed by atoms with Crippen LogP contribution in [-0.2, 0) is 9.53 Å². The molecule has 1 N–H and O–H groups in total. The highest BCUT2D eigenvalue weighted by atomic mass is 16.5. The van der Waals surface area contributed by atoms with Crippen LogP contribution in [0.25, 0.3) is 0 Å². The molecule has 0 aromatic heterocycles. The summed E-state index contributed by atoms with van der Waals surface area (Å²) in [6, 6.07) is 0.289. The van der Waals surface area contributed by atoms with Gasteiger partial charge in [-0.1, -0.05) is 0 Å². The van der Waals surface area contributed by atoms with Gasteiger partial charge in [-0.15, -0.1) is 0 Å². The van der Waals surface area contributed by atoms with E-state index < -0.39 is 11.9 Å². The maximum atomic E-state index is 11.9. The number of nitrogens with zero attached hydrogens (tertiary/aromatic N) is 3.